The van der Waals surface area contributed by atoms with E-state index in [0.717, 1.165) is 6.42 Å². The van der Waals surface area contributed by atoms with Crippen LogP contribution in [-0.4, -0.2) is 58.0 Å². The van der Waals surface area contributed by atoms with Crippen LogP contribution in [0.25, 0.3) is 0 Å². The summed E-state index contributed by atoms with van der Waals surface area (Å²) in [6, 6.07) is 0.998. The van der Waals surface area contributed by atoms with Crippen molar-refractivity contribution in [3.8, 4) is 0 Å². The first kappa shape index (κ1) is 13.3. The zero-order chi connectivity index (χ0) is 13.8. The van der Waals surface area contributed by atoms with Gasteiger partial charge in [0.25, 0.3) is 0 Å². The third-order valence-corrected chi connectivity index (χ3v) is 3.12. The molecule has 7 heteroatoms. The second kappa shape index (κ2) is 5.64. The Balaban J connectivity index is 1.99. The number of carboxylic acid groups (broad SMARTS) is 1. The van der Waals surface area contributed by atoms with Gasteiger partial charge in [-0.05, 0) is 18.9 Å². The summed E-state index contributed by atoms with van der Waals surface area (Å²) >= 11 is 0. The van der Waals surface area contributed by atoms with Crippen LogP contribution >= 0.6 is 0 Å². The van der Waals surface area contributed by atoms with Crippen molar-refractivity contribution in [2.75, 3.05) is 25.0 Å². The van der Waals surface area contributed by atoms with Crippen LogP contribution in [0.5, 0.6) is 0 Å². The molecule has 1 aromatic heterocycles. The predicted molar refractivity (Wildman–Crippen MR) is 67.7 cm³/mol. The van der Waals surface area contributed by atoms with Crippen molar-refractivity contribution >= 4 is 17.8 Å². The maximum absolute atomic E-state index is 12.1. The Kier molecular flexibility index (Phi) is 3.94. The molecule has 0 unspecified atom stereocenters. The molecule has 1 amide bonds. The molecule has 2 heterocycles. The summed E-state index contributed by atoms with van der Waals surface area (Å²) in [5, 5.41) is 9.05. The van der Waals surface area contributed by atoms with E-state index >= 15 is 0 Å². The van der Waals surface area contributed by atoms with Crippen LogP contribution in [0.3, 0.4) is 0 Å². The highest BCUT2D eigenvalue weighted by Crippen LogP contribution is 2.18. The number of anilines is 1. The maximum atomic E-state index is 12.1. The number of likely N-dealkylation sites (N-methyl/N-ethyl adjacent to an activating group) is 1. The smallest absolute Gasteiger partial charge is 0.326 e. The lowest BCUT2D eigenvalue weighted by Gasteiger charge is -2.24. The molecule has 1 fully saturated rings. The first-order valence-corrected chi connectivity index (χ1v) is 6.10. The van der Waals surface area contributed by atoms with Crippen LogP contribution < -0.4 is 4.90 Å². The lowest BCUT2D eigenvalue weighted by molar-refractivity contribution is -0.147. The van der Waals surface area contributed by atoms with Crippen molar-refractivity contribution in [2.24, 2.45) is 0 Å². The molecular formula is C12H16N4O3. The first-order valence-electron chi connectivity index (χ1n) is 6.10. The van der Waals surface area contributed by atoms with Gasteiger partial charge in [0.15, 0.2) is 0 Å². The minimum Gasteiger partial charge on any atom is -0.480 e. The van der Waals surface area contributed by atoms with E-state index in [1.54, 1.807) is 30.4 Å². The van der Waals surface area contributed by atoms with Gasteiger partial charge in [0, 0.05) is 26.0 Å². The molecule has 0 bridgehead atoms. The van der Waals surface area contributed by atoms with E-state index in [1.165, 1.54) is 4.90 Å². The van der Waals surface area contributed by atoms with Gasteiger partial charge >= 0.3 is 5.97 Å². The Morgan fingerprint density at radius 3 is 2.79 bits per heavy atom. The van der Waals surface area contributed by atoms with Crippen LogP contribution in [0.2, 0.25) is 0 Å². The molecule has 0 aromatic carbocycles. The average Bonchev–Trinajstić information content (AvgIpc) is 2.89. The Morgan fingerprint density at radius 2 is 2.16 bits per heavy atom. The molecule has 0 saturated carbocycles. The number of rotatable bonds is 4. The fraction of sp³-hybridized carbons (Fsp3) is 0.500. The molecule has 1 aliphatic rings. The van der Waals surface area contributed by atoms with E-state index < -0.39 is 12.0 Å². The van der Waals surface area contributed by atoms with Crippen molar-refractivity contribution in [2.45, 2.75) is 18.9 Å². The van der Waals surface area contributed by atoms with E-state index in [1.807, 2.05) is 0 Å². The Hall–Kier alpha value is -2.18. The fourth-order valence-electron chi connectivity index (χ4n) is 2.17. The van der Waals surface area contributed by atoms with Gasteiger partial charge in [-0.3, -0.25) is 4.79 Å². The lowest BCUT2D eigenvalue weighted by Crippen LogP contribution is -2.45. The zero-order valence-electron chi connectivity index (χ0n) is 10.7. The molecule has 1 aromatic rings. The largest absolute Gasteiger partial charge is 0.480 e. The first-order chi connectivity index (χ1) is 9.09. The van der Waals surface area contributed by atoms with E-state index in [0.29, 0.717) is 18.9 Å². The summed E-state index contributed by atoms with van der Waals surface area (Å²) in [4.78, 5) is 34.3. The molecule has 1 aliphatic heterocycles. The third-order valence-electron chi connectivity index (χ3n) is 3.12. The van der Waals surface area contributed by atoms with E-state index in [4.69, 9.17) is 5.11 Å². The van der Waals surface area contributed by atoms with Crippen molar-refractivity contribution < 1.29 is 14.7 Å². The van der Waals surface area contributed by atoms with Crippen LogP contribution in [-0.2, 0) is 9.59 Å². The Labute approximate surface area is 110 Å². The minimum absolute atomic E-state index is 0.0772. The van der Waals surface area contributed by atoms with Gasteiger partial charge in [-0.15, -0.1) is 0 Å². The second-order valence-electron chi connectivity index (χ2n) is 4.49. The average molecular weight is 264 g/mol. The number of hydrogen-bond acceptors (Lipinski definition) is 5. The van der Waals surface area contributed by atoms with Gasteiger partial charge < -0.3 is 14.9 Å². The molecule has 0 aliphatic carbocycles. The number of hydrogen-bond donors (Lipinski definition) is 1. The molecule has 102 valence electrons. The van der Waals surface area contributed by atoms with E-state index in [2.05, 4.69) is 9.97 Å². The summed E-state index contributed by atoms with van der Waals surface area (Å²) in [6.07, 6.45) is 4.44. The van der Waals surface area contributed by atoms with Crippen molar-refractivity contribution in [3.63, 3.8) is 0 Å². The van der Waals surface area contributed by atoms with Crippen molar-refractivity contribution in [1.82, 2.24) is 14.9 Å². The number of carbonyl (C=O) groups is 2. The van der Waals surface area contributed by atoms with Gasteiger partial charge in [0.2, 0.25) is 11.9 Å². The molecule has 0 spiro atoms. The summed E-state index contributed by atoms with van der Waals surface area (Å²) in [6.45, 7) is 0.576. The van der Waals surface area contributed by atoms with Gasteiger partial charge in [-0.2, -0.15) is 0 Å². The number of amides is 1. The summed E-state index contributed by atoms with van der Waals surface area (Å²) < 4.78 is 0. The fourth-order valence-corrected chi connectivity index (χ4v) is 2.17. The molecule has 1 N–H and O–H groups in total. The topological polar surface area (TPSA) is 86.6 Å². The maximum Gasteiger partial charge on any atom is 0.326 e. The highest BCUT2D eigenvalue weighted by molar-refractivity contribution is 5.86. The number of nitrogens with zero attached hydrogens (tertiary/aromatic N) is 4. The molecule has 7 nitrogen and oxygen atoms in total. The standard InChI is InChI=1S/C12H16N4O3/c1-15(12-13-5-3-6-14-12)8-10(17)16-7-2-4-9(16)11(18)19/h3,5-6,9H,2,4,7-8H2,1H3,(H,18,19)/t9-/m0/s1. The van der Waals surface area contributed by atoms with Crippen LogP contribution in [0.15, 0.2) is 18.5 Å². The van der Waals surface area contributed by atoms with Crippen molar-refractivity contribution in [3.05, 3.63) is 18.5 Å². The SMILES string of the molecule is CN(CC(=O)N1CCC[C@H]1C(=O)O)c1ncccn1. The summed E-state index contributed by atoms with van der Waals surface area (Å²) in [5.74, 6) is -0.703. The number of carbonyl (C=O) groups excluding carboxylic acids is 1. The molecule has 19 heavy (non-hydrogen) atoms. The molecule has 1 saturated heterocycles. The second-order valence-corrected chi connectivity index (χ2v) is 4.49. The Bertz CT molecular complexity index is 465. The highest BCUT2D eigenvalue weighted by atomic mass is 16.4. The molecule has 2 rings (SSSR count). The zero-order valence-corrected chi connectivity index (χ0v) is 10.7. The Morgan fingerprint density at radius 1 is 1.47 bits per heavy atom. The molecular weight excluding hydrogens is 248 g/mol. The number of carboxylic acids is 1. The summed E-state index contributed by atoms with van der Waals surface area (Å²) in [7, 11) is 1.71. The van der Waals surface area contributed by atoms with Gasteiger partial charge in [-0.25, -0.2) is 14.8 Å². The minimum atomic E-state index is -0.940. The van der Waals surface area contributed by atoms with Gasteiger partial charge in [0.05, 0.1) is 6.54 Å². The van der Waals surface area contributed by atoms with Crippen LogP contribution in [0.1, 0.15) is 12.8 Å². The number of aromatic nitrogens is 2. The summed E-state index contributed by atoms with van der Waals surface area (Å²) in [5.41, 5.74) is 0. The van der Waals surface area contributed by atoms with E-state index in [-0.39, 0.29) is 12.5 Å². The van der Waals surface area contributed by atoms with Gasteiger partial charge in [-0.1, -0.05) is 0 Å². The normalized spacial score (nSPS) is 18.4. The van der Waals surface area contributed by atoms with Crippen LogP contribution in [0.4, 0.5) is 5.95 Å². The lowest BCUT2D eigenvalue weighted by atomic mass is 10.2. The number of likely N-dealkylation sites (tertiary alicyclic amines) is 1. The quantitative estimate of drug-likeness (QED) is 0.823. The predicted octanol–water partition coefficient (Wildman–Crippen LogP) is -0.0116. The van der Waals surface area contributed by atoms with Crippen molar-refractivity contribution in [1.29, 1.82) is 0 Å². The highest BCUT2D eigenvalue weighted by Gasteiger charge is 2.34. The number of aliphatic carboxylic acids is 1. The van der Waals surface area contributed by atoms with Crippen LogP contribution in [0, 0.1) is 0 Å². The van der Waals surface area contributed by atoms with Gasteiger partial charge in [0.1, 0.15) is 6.04 Å². The molecule has 1 atom stereocenters. The monoisotopic (exact) mass is 264 g/mol. The third kappa shape index (κ3) is 2.98. The van der Waals surface area contributed by atoms with E-state index in [9.17, 15) is 9.59 Å². The molecule has 0 radical (unpaired) electrons.